The van der Waals surface area contributed by atoms with Gasteiger partial charge in [-0.25, -0.2) is 9.78 Å². The lowest BCUT2D eigenvalue weighted by molar-refractivity contribution is -0.306. The Hall–Kier alpha value is -3.13. The van der Waals surface area contributed by atoms with E-state index in [1.807, 2.05) is 57.2 Å². The van der Waals surface area contributed by atoms with Gasteiger partial charge in [-0.3, -0.25) is 4.90 Å². The first-order valence-corrected chi connectivity index (χ1v) is 11.5. The molecule has 1 saturated carbocycles. The number of hydrogen-bond acceptors (Lipinski definition) is 7. The van der Waals surface area contributed by atoms with Gasteiger partial charge in [0.2, 0.25) is 0 Å². The zero-order valence-corrected chi connectivity index (χ0v) is 20.3. The normalized spacial score (nSPS) is 17.2. The summed E-state index contributed by atoms with van der Waals surface area (Å²) in [7, 11) is 1.58. The summed E-state index contributed by atoms with van der Waals surface area (Å²) in [4.78, 5) is 29.5. The summed E-state index contributed by atoms with van der Waals surface area (Å²) in [5.74, 6) is 0.735. The maximum Gasteiger partial charge on any atom is 0.416 e. The van der Waals surface area contributed by atoms with E-state index in [0.29, 0.717) is 37.9 Å². The lowest BCUT2D eigenvalue weighted by Gasteiger charge is -2.26. The summed E-state index contributed by atoms with van der Waals surface area (Å²) in [6.07, 6.45) is 1.11. The molecule has 1 fully saturated rings. The minimum atomic E-state index is -0.988. The molecule has 0 spiro atoms. The third kappa shape index (κ3) is 7.73. The summed E-state index contributed by atoms with van der Waals surface area (Å²) in [5.41, 5.74) is 1.31. The van der Waals surface area contributed by atoms with Gasteiger partial charge in [0.1, 0.15) is 17.2 Å². The monoisotopic (exact) mass is 469 g/mol. The number of ether oxygens (including phenoxy) is 3. The summed E-state index contributed by atoms with van der Waals surface area (Å²) in [6, 6.07) is 13.3. The predicted octanol–water partition coefficient (Wildman–Crippen LogP) is 3.33. The van der Waals surface area contributed by atoms with Gasteiger partial charge in [0.05, 0.1) is 19.8 Å². The molecule has 0 aliphatic heterocycles. The molecule has 8 nitrogen and oxygen atoms in total. The zero-order chi connectivity index (χ0) is 24.7. The Kier molecular flexibility index (Phi) is 8.50. The van der Waals surface area contributed by atoms with Crippen molar-refractivity contribution in [2.24, 2.45) is 5.92 Å². The fourth-order valence-corrected chi connectivity index (χ4v) is 3.74. The zero-order valence-electron chi connectivity index (χ0n) is 20.3. The number of carboxylic acid groups (broad SMARTS) is 1. The first-order valence-electron chi connectivity index (χ1n) is 11.5. The maximum absolute atomic E-state index is 12.7. The average molecular weight is 470 g/mol. The van der Waals surface area contributed by atoms with Gasteiger partial charge < -0.3 is 24.1 Å². The Balaban J connectivity index is 1.55. The van der Waals surface area contributed by atoms with E-state index >= 15 is 0 Å². The molecular formula is C26H33N2O6-. The SMILES string of the molecule is COCCN(C(=O)OC(C)(C)C)c1cccc(CCOc2ccc(C3CC3CC(=O)[O-])cc2)n1. The van der Waals surface area contributed by atoms with Crippen LogP contribution >= 0.6 is 0 Å². The number of carboxylic acids is 1. The molecule has 34 heavy (non-hydrogen) atoms. The highest BCUT2D eigenvalue weighted by Gasteiger charge is 2.37. The van der Waals surface area contributed by atoms with Gasteiger partial charge in [-0.2, -0.15) is 0 Å². The van der Waals surface area contributed by atoms with Gasteiger partial charge in [-0.1, -0.05) is 18.2 Å². The molecule has 8 heteroatoms. The first-order chi connectivity index (χ1) is 16.2. The molecule has 0 N–H and O–H groups in total. The number of carbonyl (C=O) groups is 2. The van der Waals surface area contributed by atoms with Gasteiger partial charge in [-0.15, -0.1) is 0 Å². The third-order valence-corrected chi connectivity index (χ3v) is 5.49. The van der Waals surface area contributed by atoms with Gasteiger partial charge in [0.15, 0.2) is 0 Å². The number of aliphatic carboxylic acids is 1. The number of nitrogens with zero attached hydrogens (tertiary/aromatic N) is 2. The Bertz CT molecular complexity index is 970. The van der Waals surface area contributed by atoms with Crippen LogP contribution in [0, 0.1) is 5.92 Å². The van der Waals surface area contributed by atoms with E-state index < -0.39 is 17.7 Å². The van der Waals surface area contributed by atoms with Crippen molar-refractivity contribution in [1.29, 1.82) is 0 Å². The number of pyridine rings is 1. The molecule has 1 heterocycles. The molecule has 1 amide bonds. The van der Waals surface area contributed by atoms with Crippen molar-refractivity contribution in [1.82, 2.24) is 4.98 Å². The molecule has 2 atom stereocenters. The molecule has 2 aromatic rings. The number of amides is 1. The molecule has 2 unspecified atom stereocenters. The molecule has 1 aromatic heterocycles. The van der Waals surface area contributed by atoms with E-state index in [1.165, 1.54) is 4.90 Å². The van der Waals surface area contributed by atoms with Crippen molar-refractivity contribution >= 4 is 17.9 Å². The third-order valence-electron chi connectivity index (χ3n) is 5.49. The molecule has 0 saturated heterocycles. The maximum atomic E-state index is 12.7. The van der Waals surface area contributed by atoms with Crippen LogP contribution < -0.4 is 14.7 Å². The van der Waals surface area contributed by atoms with Crippen LogP contribution in [0.25, 0.3) is 0 Å². The predicted molar refractivity (Wildman–Crippen MR) is 126 cm³/mol. The first kappa shape index (κ1) is 25.5. The topological polar surface area (TPSA) is 101 Å². The highest BCUT2D eigenvalue weighted by Crippen LogP contribution is 2.49. The minimum absolute atomic E-state index is 0.117. The summed E-state index contributed by atoms with van der Waals surface area (Å²) in [5, 5.41) is 10.7. The van der Waals surface area contributed by atoms with E-state index in [9.17, 15) is 14.7 Å². The largest absolute Gasteiger partial charge is 0.550 e. The molecule has 1 aromatic carbocycles. The molecular weight excluding hydrogens is 436 g/mol. The standard InChI is InChI=1S/C26H34N2O6/c1-26(2,3)34-25(31)28(13-15-32-4)23-7-5-6-20(27-23)12-14-33-21-10-8-18(9-11-21)22-16-19(22)17-24(29)30/h5-11,19,22H,12-17H2,1-4H3,(H,29,30)/p-1. The lowest BCUT2D eigenvalue weighted by atomic mass is 10.1. The smallest absolute Gasteiger partial charge is 0.416 e. The number of carbonyl (C=O) groups excluding carboxylic acids is 2. The Morgan fingerprint density at radius 2 is 1.85 bits per heavy atom. The van der Waals surface area contributed by atoms with Crippen LogP contribution in [0.4, 0.5) is 10.6 Å². The van der Waals surface area contributed by atoms with Crippen molar-refractivity contribution in [2.75, 3.05) is 31.8 Å². The van der Waals surface area contributed by atoms with E-state index in [-0.39, 0.29) is 12.3 Å². The minimum Gasteiger partial charge on any atom is -0.550 e. The quantitative estimate of drug-likeness (QED) is 0.497. The van der Waals surface area contributed by atoms with E-state index in [4.69, 9.17) is 14.2 Å². The lowest BCUT2D eigenvalue weighted by Crippen LogP contribution is -2.39. The highest BCUT2D eigenvalue weighted by molar-refractivity contribution is 5.86. The van der Waals surface area contributed by atoms with Crippen molar-refractivity contribution in [3.8, 4) is 5.75 Å². The number of anilines is 1. The second-order valence-electron chi connectivity index (χ2n) is 9.46. The van der Waals surface area contributed by atoms with Crippen LogP contribution in [-0.2, 0) is 20.7 Å². The van der Waals surface area contributed by atoms with Crippen molar-refractivity contribution in [3.63, 3.8) is 0 Å². The van der Waals surface area contributed by atoms with Crippen LogP contribution in [0.5, 0.6) is 5.75 Å². The number of benzene rings is 1. The van der Waals surface area contributed by atoms with Crippen LogP contribution in [0.15, 0.2) is 42.5 Å². The molecule has 184 valence electrons. The summed E-state index contributed by atoms with van der Waals surface area (Å²) < 4.78 is 16.5. The van der Waals surface area contributed by atoms with E-state index in [0.717, 1.165) is 23.4 Å². The summed E-state index contributed by atoms with van der Waals surface area (Å²) >= 11 is 0. The molecule has 0 bridgehead atoms. The summed E-state index contributed by atoms with van der Waals surface area (Å²) in [6.45, 7) is 6.59. The van der Waals surface area contributed by atoms with Crippen LogP contribution in [-0.4, -0.2) is 49.5 Å². The van der Waals surface area contributed by atoms with Gasteiger partial charge in [0, 0.05) is 25.2 Å². The average Bonchev–Trinajstić information content (AvgIpc) is 3.52. The Labute approximate surface area is 200 Å². The van der Waals surface area contributed by atoms with Crippen LogP contribution in [0.3, 0.4) is 0 Å². The Morgan fingerprint density at radius 1 is 1.12 bits per heavy atom. The molecule has 1 aliphatic rings. The molecule has 3 rings (SSSR count). The molecule has 1 aliphatic carbocycles. The fraction of sp³-hybridized carbons (Fsp3) is 0.500. The van der Waals surface area contributed by atoms with E-state index in [2.05, 4.69) is 4.98 Å². The Morgan fingerprint density at radius 3 is 2.50 bits per heavy atom. The number of hydrogen-bond donors (Lipinski definition) is 0. The number of methoxy groups -OCH3 is 1. The van der Waals surface area contributed by atoms with Crippen LogP contribution in [0.1, 0.15) is 50.8 Å². The fourth-order valence-electron chi connectivity index (χ4n) is 3.74. The molecule has 0 radical (unpaired) electrons. The van der Waals surface area contributed by atoms with Crippen LogP contribution in [0.2, 0.25) is 0 Å². The van der Waals surface area contributed by atoms with Gasteiger partial charge >= 0.3 is 6.09 Å². The second-order valence-corrected chi connectivity index (χ2v) is 9.46. The van der Waals surface area contributed by atoms with Gasteiger partial charge in [0.25, 0.3) is 0 Å². The number of rotatable bonds is 11. The number of aromatic nitrogens is 1. The van der Waals surface area contributed by atoms with Gasteiger partial charge in [-0.05, 0) is 75.3 Å². The van der Waals surface area contributed by atoms with E-state index in [1.54, 1.807) is 13.2 Å². The van der Waals surface area contributed by atoms with Crippen molar-refractivity contribution in [2.45, 2.75) is 51.6 Å². The highest BCUT2D eigenvalue weighted by atomic mass is 16.6. The van der Waals surface area contributed by atoms with Crippen molar-refractivity contribution in [3.05, 3.63) is 53.7 Å². The van der Waals surface area contributed by atoms with Crippen molar-refractivity contribution < 1.29 is 28.9 Å². The second kappa shape index (κ2) is 11.3.